The summed E-state index contributed by atoms with van der Waals surface area (Å²) in [6, 6.07) is 19.7. The van der Waals surface area contributed by atoms with Crippen molar-refractivity contribution in [3.63, 3.8) is 0 Å². The lowest BCUT2D eigenvalue weighted by Crippen LogP contribution is -2.22. The number of hydrogen-bond donors (Lipinski definition) is 0. The van der Waals surface area contributed by atoms with E-state index in [-0.39, 0.29) is 5.56 Å². The molecule has 0 atom stereocenters. The highest BCUT2D eigenvalue weighted by molar-refractivity contribution is 5.63. The molecule has 132 valence electrons. The summed E-state index contributed by atoms with van der Waals surface area (Å²) in [5.41, 5.74) is 3.18. The van der Waals surface area contributed by atoms with Gasteiger partial charge in [-0.3, -0.25) is 4.79 Å². The van der Waals surface area contributed by atoms with Gasteiger partial charge in [0.25, 0.3) is 5.56 Å². The summed E-state index contributed by atoms with van der Waals surface area (Å²) >= 11 is 0. The van der Waals surface area contributed by atoms with Crippen molar-refractivity contribution in [1.29, 1.82) is 0 Å². The van der Waals surface area contributed by atoms with Gasteiger partial charge in [-0.2, -0.15) is 0 Å². The molecule has 0 aliphatic rings. The molecule has 0 fully saturated rings. The minimum absolute atomic E-state index is 0.139. The highest BCUT2D eigenvalue weighted by Gasteiger charge is 2.02. The van der Waals surface area contributed by atoms with E-state index < -0.39 is 0 Å². The van der Waals surface area contributed by atoms with E-state index in [0.29, 0.717) is 13.2 Å². The Morgan fingerprint density at radius 1 is 1.00 bits per heavy atom. The van der Waals surface area contributed by atoms with Crippen LogP contribution in [0.1, 0.15) is 12.8 Å². The van der Waals surface area contributed by atoms with E-state index >= 15 is 0 Å². The predicted octanol–water partition coefficient (Wildman–Crippen LogP) is 3.72. The maximum absolute atomic E-state index is 11.5. The van der Waals surface area contributed by atoms with E-state index in [1.807, 2.05) is 42.5 Å². The fraction of sp³-hybridized carbons (Fsp3) is 0.190. The van der Waals surface area contributed by atoms with Crippen molar-refractivity contribution in [1.82, 2.24) is 15.0 Å². The van der Waals surface area contributed by atoms with E-state index in [2.05, 4.69) is 29.0 Å². The Bertz CT molecular complexity index is 902. The van der Waals surface area contributed by atoms with Gasteiger partial charge in [0.05, 0.1) is 6.20 Å². The largest absolute Gasteiger partial charge is 0.489 e. The fourth-order valence-corrected chi connectivity index (χ4v) is 2.58. The summed E-state index contributed by atoms with van der Waals surface area (Å²) in [4.78, 5) is 11.5. The number of aryl methyl sites for hydroxylation is 1. The zero-order chi connectivity index (χ0) is 18.2. The summed E-state index contributed by atoms with van der Waals surface area (Å²) in [6.07, 6.45) is 2.94. The van der Waals surface area contributed by atoms with Crippen LogP contribution in [0.3, 0.4) is 0 Å². The predicted molar refractivity (Wildman–Crippen MR) is 102 cm³/mol. The maximum Gasteiger partial charge on any atom is 0.269 e. The Hall–Kier alpha value is -3.21. The summed E-state index contributed by atoms with van der Waals surface area (Å²) in [6.45, 7) is 5.02. The van der Waals surface area contributed by atoms with Crippen LogP contribution in [0.15, 0.2) is 83.8 Å². The number of hydrogen-bond acceptors (Lipinski definition) is 4. The van der Waals surface area contributed by atoms with Crippen LogP contribution in [0, 0.1) is 0 Å². The van der Waals surface area contributed by atoms with Gasteiger partial charge < -0.3 is 4.74 Å². The first-order chi connectivity index (χ1) is 12.7. The molecule has 0 aliphatic heterocycles. The number of aromatic nitrogens is 3. The van der Waals surface area contributed by atoms with Gasteiger partial charge in [0, 0.05) is 12.6 Å². The van der Waals surface area contributed by atoms with Gasteiger partial charge in [0.15, 0.2) is 0 Å². The van der Waals surface area contributed by atoms with Crippen LogP contribution in [-0.4, -0.2) is 21.6 Å². The van der Waals surface area contributed by atoms with Gasteiger partial charge in [-0.1, -0.05) is 54.3 Å². The van der Waals surface area contributed by atoms with Crippen LogP contribution < -0.4 is 10.3 Å². The number of benzene rings is 2. The third kappa shape index (κ3) is 4.89. The summed E-state index contributed by atoms with van der Waals surface area (Å²) in [5.74, 6) is 0.816. The zero-order valence-corrected chi connectivity index (χ0v) is 14.5. The molecule has 26 heavy (non-hydrogen) atoms. The fourth-order valence-electron chi connectivity index (χ4n) is 2.58. The quantitative estimate of drug-likeness (QED) is 0.583. The lowest BCUT2D eigenvalue weighted by atomic mass is 10.1. The molecule has 0 amide bonds. The van der Waals surface area contributed by atoms with E-state index in [1.54, 1.807) is 0 Å². The topological polar surface area (TPSA) is 57.0 Å². The first-order valence-corrected chi connectivity index (χ1v) is 8.56. The highest BCUT2D eigenvalue weighted by Crippen LogP contribution is 2.22. The van der Waals surface area contributed by atoms with Gasteiger partial charge in [-0.25, -0.2) is 4.68 Å². The van der Waals surface area contributed by atoms with E-state index in [4.69, 9.17) is 4.74 Å². The Labute approximate surface area is 152 Å². The van der Waals surface area contributed by atoms with Crippen molar-refractivity contribution >= 4 is 0 Å². The molecule has 0 spiro atoms. The molecule has 0 saturated carbocycles. The second-order valence-electron chi connectivity index (χ2n) is 6.01. The highest BCUT2D eigenvalue weighted by atomic mass is 16.5. The van der Waals surface area contributed by atoms with E-state index in [9.17, 15) is 4.79 Å². The SMILES string of the molecule is C=C(CCCn1nnccc1=O)COc1ccc(-c2ccccc2)cc1. The summed E-state index contributed by atoms with van der Waals surface area (Å²) in [5, 5.41) is 7.51. The smallest absolute Gasteiger partial charge is 0.269 e. The molecule has 2 aromatic carbocycles. The van der Waals surface area contributed by atoms with Gasteiger partial charge in [-0.15, -0.1) is 5.10 Å². The van der Waals surface area contributed by atoms with Crippen molar-refractivity contribution in [2.75, 3.05) is 6.61 Å². The van der Waals surface area contributed by atoms with Crippen LogP contribution in [-0.2, 0) is 6.54 Å². The number of nitrogens with zero attached hydrogens (tertiary/aromatic N) is 3. The van der Waals surface area contributed by atoms with Crippen molar-refractivity contribution in [2.45, 2.75) is 19.4 Å². The van der Waals surface area contributed by atoms with Gasteiger partial charge in [0.1, 0.15) is 12.4 Å². The molecule has 1 heterocycles. The van der Waals surface area contributed by atoms with Crippen molar-refractivity contribution < 1.29 is 4.74 Å². The average Bonchev–Trinajstić information content (AvgIpc) is 2.69. The van der Waals surface area contributed by atoms with Crippen LogP contribution in [0.4, 0.5) is 0 Å². The third-order valence-corrected chi connectivity index (χ3v) is 4.00. The zero-order valence-electron chi connectivity index (χ0n) is 14.5. The molecule has 0 aliphatic carbocycles. The summed E-state index contributed by atoms with van der Waals surface area (Å²) < 4.78 is 7.15. The maximum atomic E-state index is 11.5. The Morgan fingerprint density at radius 3 is 2.46 bits per heavy atom. The molecule has 0 unspecified atom stereocenters. The standard InChI is InChI=1S/C21H21N3O2/c1-17(6-5-15-24-21(25)13-14-22-23-24)16-26-20-11-9-19(10-12-20)18-7-3-2-4-8-18/h2-4,7-14H,1,5-6,15-16H2. The second kappa shape index (κ2) is 8.76. The number of ether oxygens (including phenoxy) is 1. The number of rotatable bonds is 8. The van der Waals surface area contributed by atoms with Crippen LogP contribution in [0.5, 0.6) is 5.75 Å². The molecule has 0 bridgehead atoms. The van der Waals surface area contributed by atoms with E-state index in [1.165, 1.54) is 22.5 Å². The van der Waals surface area contributed by atoms with Gasteiger partial charge in [-0.05, 0) is 41.7 Å². The van der Waals surface area contributed by atoms with Crippen molar-refractivity contribution in [3.8, 4) is 16.9 Å². The van der Waals surface area contributed by atoms with Crippen LogP contribution >= 0.6 is 0 Å². The molecule has 1 aromatic heterocycles. The van der Waals surface area contributed by atoms with Crippen molar-refractivity contribution in [3.05, 3.63) is 89.4 Å². The molecular weight excluding hydrogens is 326 g/mol. The molecule has 3 aromatic rings. The monoisotopic (exact) mass is 347 g/mol. The van der Waals surface area contributed by atoms with Gasteiger partial charge >= 0.3 is 0 Å². The summed E-state index contributed by atoms with van der Waals surface area (Å²) in [7, 11) is 0. The Kier molecular flexibility index (Phi) is 5.93. The molecule has 0 N–H and O–H groups in total. The van der Waals surface area contributed by atoms with Crippen molar-refractivity contribution in [2.24, 2.45) is 0 Å². The Morgan fingerprint density at radius 2 is 1.73 bits per heavy atom. The minimum atomic E-state index is -0.139. The van der Waals surface area contributed by atoms with E-state index in [0.717, 1.165) is 29.7 Å². The third-order valence-electron chi connectivity index (χ3n) is 4.00. The first-order valence-electron chi connectivity index (χ1n) is 8.56. The molecule has 0 saturated heterocycles. The molecule has 5 heteroatoms. The lowest BCUT2D eigenvalue weighted by Gasteiger charge is -2.10. The molecule has 3 rings (SSSR count). The second-order valence-corrected chi connectivity index (χ2v) is 6.01. The minimum Gasteiger partial charge on any atom is -0.489 e. The Balaban J connectivity index is 1.44. The van der Waals surface area contributed by atoms with Gasteiger partial charge in [0.2, 0.25) is 0 Å². The molecule has 5 nitrogen and oxygen atoms in total. The molecular formula is C21H21N3O2. The van der Waals surface area contributed by atoms with Crippen LogP contribution in [0.2, 0.25) is 0 Å². The molecule has 0 radical (unpaired) electrons. The van der Waals surface area contributed by atoms with Crippen LogP contribution in [0.25, 0.3) is 11.1 Å². The normalized spacial score (nSPS) is 10.5. The lowest BCUT2D eigenvalue weighted by molar-refractivity contribution is 0.345. The first kappa shape index (κ1) is 17.6. The average molecular weight is 347 g/mol.